The molecule has 0 aliphatic rings. The van der Waals surface area contributed by atoms with Gasteiger partial charge in [-0.05, 0) is 24.6 Å². The molecule has 0 fully saturated rings. The Balaban J connectivity index is 2.18. The van der Waals surface area contributed by atoms with Gasteiger partial charge in [0.2, 0.25) is 6.79 Å². The summed E-state index contributed by atoms with van der Waals surface area (Å²) in [5, 5.41) is 7.59. The number of carbonyl (C=O) groups is 3. The number of halogens is 3. The van der Waals surface area contributed by atoms with Crippen LogP contribution in [-0.4, -0.2) is 55.7 Å². The summed E-state index contributed by atoms with van der Waals surface area (Å²) in [7, 11) is 2.34. The highest BCUT2D eigenvalue weighted by atomic mass is 19.4. The third kappa shape index (κ3) is 8.83. The Bertz CT molecular complexity index is 1230. The lowest BCUT2D eigenvalue weighted by atomic mass is 10.0. The van der Waals surface area contributed by atoms with Gasteiger partial charge in [0.15, 0.2) is 5.71 Å². The molecule has 2 aromatic rings. The molecule has 2 rings (SSSR count). The minimum Gasteiger partial charge on any atom is -0.428 e. The fraction of sp³-hybridized carbons (Fsp3) is 0.346. The first-order valence-corrected chi connectivity index (χ1v) is 11.5. The quantitative estimate of drug-likeness (QED) is 0.178. The average Bonchev–Trinajstić information content (AvgIpc) is 2.90. The van der Waals surface area contributed by atoms with E-state index in [-0.39, 0.29) is 16.8 Å². The molecule has 1 unspecified atom stereocenters. The fourth-order valence-electron chi connectivity index (χ4n) is 2.97. The largest absolute Gasteiger partial charge is 0.428 e. The van der Waals surface area contributed by atoms with Crippen molar-refractivity contribution in [2.75, 3.05) is 21.0 Å². The summed E-state index contributed by atoms with van der Waals surface area (Å²) < 4.78 is 48.6. The van der Waals surface area contributed by atoms with Crippen molar-refractivity contribution in [3.63, 3.8) is 0 Å². The van der Waals surface area contributed by atoms with Gasteiger partial charge in [-0.2, -0.15) is 13.2 Å². The highest BCUT2D eigenvalue weighted by molar-refractivity contribution is 6.47. The number of amides is 2. The molecule has 0 spiro atoms. The van der Waals surface area contributed by atoms with Crippen molar-refractivity contribution in [3.8, 4) is 0 Å². The van der Waals surface area contributed by atoms with Crippen LogP contribution in [0.5, 0.6) is 0 Å². The van der Waals surface area contributed by atoms with Gasteiger partial charge in [0.1, 0.15) is 13.2 Å². The Morgan fingerprint density at radius 3 is 2.36 bits per heavy atom. The monoisotopic (exact) mass is 551 g/mol. The van der Waals surface area contributed by atoms with Crippen LogP contribution in [0.15, 0.2) is 58.8 Å². The molecule has 0 bridgehead atoms. The second-order valence-electron chi connectivity index (χ2n) is 8.33. The van der Waals surface area contributed by atoms with Crippen molar-refractivity contribution in [3.05, 3.63) is 70.8 Å². The van der Waals surface area contributed by atoms with Crippen LogP contribution >= 0.6 is 0 Å². The maximum Gasteiger partial charge on any atom is 0.419 e. The number of hydrogen-bond acceptors (Lipinski definition) is 9. The number of benzene rings is 2. The first-order chi connectivity index (χ1) is 18.4. The summed E-state index contributed by atoms with van der Waals surface area (Å²) in [6.07, 6.45) is -5.19. The molecule has 0 N–H and O–H groups in total. The minimum absolute atomic E-state index is 0.203. The first-order valence-electron chi connectivity index (χ1n) is 11.5. The van der Waals surface area contributed by atoms with E-state index in [1.54, 1.807) is 32.0 Å². The standard InChI is InChI=1S/C26H28F3N3O7/c1-16(2)24(34)37-15-38-25(35)32(4)23(33)22(31-36-5)21-12-7-6-9-19(21)14-30-39-17(3)18-10-8-11-20(13-18)26(27,28)29/h6-14,16-17H,15H2,1-5H3/b30-14+,31-22+. The number of hydrogen-bond donors (Lipinski definition) is 0. The normalized spacial score (nSPS) is 12.7. The van der Waals surface area contributed by atoms with Crippen molar-refractivity contribution in [2.45, 2.75) is 33.1 Å². The number of oxime groups is 2. The third-order valence-electron chi connectivity index (χ3n) is 5.13. The van der Waals surface area contributed by atoms with E-state index in [0.717, 1.165) is 19.2 Å². The van der Waals surface area contributed by atoms with E-state index >= 15 is 0 Å². The van der Waals surface area contributed by atoms with Crippen molar-refractivity contribution in [2.24, 2.45) is 16.2 Å². The van der Waals surface area contributed by atoms with Gasteiger partial charge < -0.3 is 19.1 Å². The average molecular weight is 552 g/mol. The molecule has 2 aromatic carbocycles. The second kappa shape index (κ2) is 13.9. The molecular weight excluding hydrogens is 523 g/mol. The van der Waals surface area contributed by atoms with Crippen LogP contribution in [0.4, 0.5) is 18.0 Å². The minimum atomic E-state index is -4.50. The molecule has 0 saturated heterocycles. The van der Waals surface area contributed by atoms with Gasteiger partial charge >= 0.3 is 18.2 Å². The van der Waals surface area contributed by atoms with Crippen LogP contribution in [0.2, 0.25) is 0 Å². The second-order valence-corrected chi connectivity index (χ2v) is 8.33. The molecule has 0 aromatic heterocycles. The highest BCUT2D eigenvalue weighted by Gasteiger charge is 2.31. The zero-order valence-corrected chi connectivity index (χ0v) is 21.9. The molecule has 0 heterocycles. The zero-order valence-electron chi connectivity index (χ0n) is 21.9. The number of ether oxygens (including phenoxy) is 2. The number of esters is 1. The number of rotatable bonds is 10. The maximum absolute atomic E-state index is 13.1. The van der Waals surface area contributed by atoms with E-state index in [9.17, 15) is 27.6 Å². The van der Waals surface area contributed by atoms with Crippen LogP contribution in [-0.2, 0) is 34.9 Å². The molecule has 0 radical (unpaired) electrons. The van der Waals surface area contributed by atoms with Crippen LogP contribution in [0, 0.1) is 5.92 Å². The van der Waals surface area contributed by atoms with Gasteiger partial charge in [-0.3, -0.25) is 9.59 Å². The highest BCUT2D eigenvalue weighted by Crippen LogP contribution is 2.31. The molecule has 2 amide bonds. The summed E-state index contributed by atoms with van der Waals surface area (Å²) in [5.74, 6) is -1.92. The number of carbonyl (C=O) groups excluding carboxylic acids is 3. The van der Waals surface area contributed by atoms with E-state index in [0.29, 0.717) is 10.5 Å². The number of likely N-dealkylation sites (N-methyl/N-ethyl adjacent to an activating group) is 1. The van der Waals surface area contributed by atoms with Crippen molar-refractivity contribution in [1.29, 1.82) is 0 Å². The smallest absolute Gasteiger partial charge is 0.419 e. The van der Waals surface area contributed by atoms with E-state index in [2.05, 4.69) is 10.3 Å². The Labute approximate surface area is 222 Å². The van der Waals surface area contributed by atoms with Gasteiger partial charge in [0.25, 0.3) is 5.91 Å². The zero-order chi connectivity index (χ0) is 29.2. The molecule has 39 heavy (non-hydrogen) atoms. The molecule has 13 heteroatoms. The Hall–Kier alpha value is -4.42. The lowest BCUT2D eigenvalue weighted by molar-refractivity contribution is -0.156. The molecule has 1 atom stereocenters. The van der Waals surface area contributed by atoms with Gasteiger partial charge in [0, 0.05) is 18.2 Å². The third-order valence-corrected chi connectivity index (χ3v) is 5.13. The van der Waals surface area contributed by atoms with Crippen molar-refractivity contribution in [1.82, 2.24) is 4.90 Å². The Kier molecular flexibility index (Phi) is 11.0. The first kappa shape index (κ1) is 30.8. The van der Waals surface area contributed by atoms with E-state index < -0.39 is 48.5 Å². The van der Waals surface area contributed by atoms with Crippen LogP contribution in [0.1, 0.15) is 49.1 Å². The molecule has 210 valence electrons. The topological polar surface area (TPSA) is 116 Å². The van der Waals surface area contributed by atoms with E-state index in [4.69, 9.17) is 19.1 Å². The van der Waals surface area contributed by atoms with Crippen molar-refractivity contribution >= 4 is 29.9 Å². The summed E-state index contributed by atoms with van der Waals surface area (Å²) in [5.41, 5.74) is -0.320. The summed E-state index contributed by atoms with van der Waals surface area (Å²) in [6.45, 7) is 4.05. The summed E-state index contributed by atoms with van der Waals surface area (Å²) in [4.78, 5) is 47.6. The summed E-state index contributed by atoms with van der Waals surface area (Å²) >= 11 is 0. The van der Waals surface area contributed by atoms with Crippen LogP contribution in [0.3, 0.4) is 0 Å². The summed E-state index contributed by atoms with van der Waals surface area (Å²) in [6, 6.07) is 11.0. The number of imide groups is 1. The predicted molar refractivity (Wildman–Crippen MR) is 134 cm³/mol. The molecular formula is C26H28F3N3O7. The fourth-order valence-corrected chi connectivity index (χ4v) is 2.97. The van der Waals surface area contributed by atoms with Gasteiger partial charge in [-0.1, -0.05) is 60.6 Å². The van der Waals surface area contributed by atoms with Crippen LogP contribution < -0.4 is 0 Å². The van der Waals surface area contributed by atoms with Crippen molar-refractivity contribution < 1.29 is 46.7 Å². The van der Waals surface area contributed by atoms with Gasteiger partial charge in [0.05, 0.1) is 17.7 Å². The number of alkyl halides is 3. The molecule has 0 aliphatic heterocycles. The maximum atomic E-state index is 13.1. The van der Waals surface area contributed by atoms with Gasteiger partial charge in [-0.15, -0.1) is 0 Å². The lowest BCUT2D eigenvalue weighted by Crippen LogP contribution is -2.39. The molecule has 10 nitrogen and oxygen atoms in total. The van der Waals surface area contributed by atoms with Crippen LogP contribution in [0.25, 0.3) is 0 Å². The molecule has 0 aliphatic carbocycles. The Morgan fingerprint density at radius 1 is 1.03 bits per heavy atom. The molecule has 0 saturated carbocycles. The van der Waals surface area contributed by atoms with E-state index in [1.807, 2.05) is 0 Å². The lowest BCUT2D eigenvalue weighted by Gasteiger charge is -2.17. The SMILES string of the molecule is CO/N=C(/C(=O)N(C)C(=O)OCOC(=O)C(C)C)c1ccccc1/C=N/OC(C)c1cccc(C(F)(F)F)c1. The number of nitrogens with zero attached hydrogens (tertiary/aromatic N) is 3. The Morgan fingerprint density at radius 2 is 1.72 bits per heavy atom. The van der Waals surface area contributed by atoms with E-state index in [1.165, 1.54) is 38.4 Å². The predicted octanol–water partition coefficient (Wildman–Crippen LogP) is 4.92. The van der Waals surface area contributed by atoms with Gasteiger partial charge in [-0.25, -0.2) is 9.69 Å².